The Labute approximate surface area is 169 Å². The quantitative estimate of drug-likeness (QED) is 0.852. The smallest absolute Gasteiger partial charge is 0.317 e. The Balaban J connectivity index is 1.56. The number of rotatable bonds is 4. The number of carbonyl (C=O) groups is 1. The third kappa shape index (κ3) is 5.48. The summed E-state index contributed by atoms with van der Waals surface area (Å²) in [5.74, 6) is 0.605. The highest BCUT2D eigenvalue weighted by Gasteiger charge is 2.34. The van der Waals surface area contributed by atoms with E-state index in [0.29, 0.717) is 12.0 Å². The van der Waals surface area contributed by atoms with E-state index >= 15 is 0 Å². The summed E-state index contributed by atoms with van der Waals surface area (Å²) in [6.45, 7) is 8.08. The molecule has 1 aromatic carbocycles. The van der Waals surface area contributed by atoms with E-state index in [1.807, 2.05) is 26.0 Å². The lowest BCUT2D eigenvalue weighted by Crippen LogP contribution is -2.52. The molecule has 0 saturated carbocycles. The van der Waals surface area contributed by atoms with E-state index in [1.165, 1.54) is 18.4 Å². The van der Waals surface area contributed by atoms with Gasteiger partial charge in [0.2, 0.25) is 0 Å². The highest BCUT2D eigenvalue weighted by molar-refractivity contribution is 5.74. The van der Waals surface area contributed by atoms with Crippen molar-refractivity contribution < 1.29 is 4.79 Å². The van der Waals surface area contributed by atoms with E-state index in [1.54, 1.807) is 0 Å². The number of nitrogens with zero attached hydrogens (tertiary/aromatic N) is 3. The highest BCUT2D eigenvalue weighted by atomic mass is 16.2. The molecule has 2 fully saturated rings. The number of benzene rings is 1. The molecule has 2 amide bonds. The van der Waals surface area contributed by atoms with E-state index in [0.717, 1.165) is 57.4 Å². The molecule has 1 aromatic rings. The summed E-state index contributed by atoms with van der Waals surface area (Å²) in [4.78, 5) is 17.4. The van der Waals surface area contributed by atoms with Gasteiger partial charge in [-0.2, -0.15) is 5.26 Å². The van der Waals surface area contributed by atoms with E-state index in [4.69, 9.17) is 5.26 Å². The van der Waals surface area contributed by atoms with Crippen LogP contribution in [0.4, 0.5) is 4.79 Å². The molecular weight excluding hydrogens is 348 g/mol. The van der Waals surface area contributed by atoms with Crippen molar-refractivity contribution in [1.82, 2.24) is 15.1 Å². The van der Waals surface area contributed by atoms with E-state index in [2.05, 4.69) is 33.3 Å². The first-order chi connectivity index (χ1) is 13.6. The van der Waals surface area contributed by atoms with Crippen LogP contribution >= 0.6 is 0 Å². The Kier molecular flexibility index (Phi) is 7.33. The molecule has 0 bridgehead atoms. The molecule has 0 unspecified atom stereocenters. The van der Waals surface area contributed by atoms with Gasteiger partial charge in [-0.15, -0.1) is 0 Å². The maximum absolute atomic E-state index is 12.8. The average molecular weight is 383 g/mol. The Morgan fingerprint density at radius 1 is 1.11 bits per heavy atom. The fourth-order valence-electron chi connectivity index (χ4n) is 4.64. The molecule has 1 N–H and O–H groups in total. The number of carbonyl (C=O) groups excluding carboxylic acids is 1. The zero-order valence-electron chi connectivity index (χ0n) is 17.4. The minimum atomic E-state index is 0.127. The molecule has 5 heteroatoms. The first-order valence-corrected chi connectivity index (χ1v) is 10.9. The molecule has 152 valence electrons. The molecule has 2 aliphatic heterocycles. The fraction of sp³-hybridized carbons (Fsp3) is 0.652. The van der Waals surface area contributed by atoms with Gasteiger partial charge >= 0.3 is 6.03 Å². The van der Waals surface area contributed by atoms with E-state index < -0.39 is 0 Å². The van der Waals surface area contributed by atoms with E-state index in [-0.39, 0.29) is 12.1 Å². The minimum absolute atomic E-state index is 0.127. The van der Waals surface area contributed by atoms with Crippen molar-refractivity contribution >= 4 is 6.03 Å². The summed E-state index contributed by atoms with van der Waals surface area (Å²) in [7, 11) is 0. The van der Waals surface area contributed by atoms with Crippen molar-refractivity contribution in [2.24, 2.45) is 5.92 Å². The van der Waals surface area contributed by atoms with Crippen molar-refractivity contribution in [3.05, 3.63) is 35.4 Å². The van der Waals surface area contributed by atoms with Crippen LogP contribution in [0.25, 0.3) is 0 Å². The van der Waals surface area contributed by atoms with Gasteiger partial charge in [-0.3, -0.25) is 4.90 Å². The van der Waals surface area contributed by atoms with Gasteiger partial charge < -0.3 is 10.2 Å². The summed E-state index contributed by atoms with van der Waals surface area (Å²) >= 11 is 0. The summed E-state index contributed by atoms with van der Waals surface area (Å²) in [6.07, 6.45) is 7.06. The largest absolute Gasteiger partial charge is 0.336 e. The predicted molar refractivity (Wildman–Crippen MR) is 112 cm³/mol. The van der Waals surface area contributed by atoms with E-state index in [9.17, 15) is 4.79 Å². The summed E-state index contributed by atoms with van der Waals surface area (Å²) in [5.41, 5.74) is 1.99. The van der Waals surface area contributed by atoms with Crippen molar-refractivity contribution in [1.29, 1.82) is 5.26 Å². The van der Waals surface area contributed by atoms with Crippen LogP contribution < -0.4 is 5.32 Å². The van der Waals surface area contributed by atoms with Crippen LogP contribution in [-0.2, 0) is 6.54 Å². The molecule has 0 aliphatic carbocycles. The number of piperidine rings is 1. The molecule has 3 rings (SSSR count). The van der Waals surface area contributed by atoms with Gasteiger partial charge in [-0.1, -0.05) is 25.0 Å². The molecule has 2 heterocycles. The number of nitriles is 1. The maximum atomic E-state index is 12.8. The second-order valence-corrected chi connectivity index (χ2v) is 8.64. The Bertz CT molecular complexity index is 671. The van der Waals surface area contributed by atoms with Gasteiger partial charge in [0.15, 0.2) is 0 Å². The second kappa shape index (κ2) is 9.93. The molecule has 1 atom stereocenters. The number of likely N-dealkylation sites (tertiary alicyclic amines) is 2. The van der Waals surface area contributed by atoms with Crippen LogP contribution in [0.5, 0.6) is 0 Å². The second-order valence-electron chi connectivity index (χ2n) is 8.64. The zero-order valence-corrected chi connectivity index (χ0v) is 17.4. The number of nitrogens with one attached hydrogen (secondary N) is 1. The SMILES string of the molecule is CC(C)NC(=O)N1CCCCC[C@H]1C1CCN(Cc2ccc(C#N)cc2)CC1. The first kappa shape index (κ1) is 20.7. The van der Waals surface area contributed by atoms with Crippen molar-refractivity contribution in [2.45, 2.75) is 71.0 Å². The average Bonchev–Trinajstić information content (AvgIpc) is 2.95. The Hall–Kier alpha value is -2.06. The van der Waals surface area contributed by atoms with Gasteiger partial charge in [0.25, 0.3) is 0 Å². The standard InChI is InChI=1S/C23H34N4O/c1-18(2)25-23(28)27-13-5-3-4-6-22(27)21-11-14-26(15-12-21)17-20-9-7-19(16-24)8-10-20/h7-10,18,21-22H,3-6,11-15,17H2,1-2H3,(H,25,28)/t22-/m0/s1. The summed E-state index contributed by atoms with van der Waals surface area (Å²) in [6, 6.07) is 10.8. The molecule has 5 nitrogen and oxygen atoms in total. The number of hydrogen-bond donors (Lipinski definition) is 1. The molecule has 0 spiro atoms. The van der Waals surface area contributed by atoms with Gasteiger partial charge in [0.05, 0.1) is 11.6 Å². The van der Waals surface area contributed by atoms with Gasteiger partial charge in [-0.25, -0.2) is 4.79 Å². The van der Waals surface area contributed by atoms with Crippen molar-refractivity contribution in [3.8, 4) is 6.07 Å². The predicted octanol–water partition coefficient (Wildman–Crippen LogP) is 4.13. The fourth-order valence-corrected chi connectivity index (χ4v) is 4.64. The van der Waals surface area contributed by atoms with Crippen LogP contribution in [0.2, 0.25) is 0 Å². The zero-order chi connectivity index (χ0) is 19.9. The van der Waals surface area contributed by atoms with Gasteiger partial charge in [0.1, 0.15) is 0 Å². The monoisotopic (exact) mass is 382 g/mol. The third-order valence-corrected chi connectivity index (χ3v) is 6.14. The summed E-state index contributed by atoms with van der Waals surface area (Å²) in [5, 5.41) is 12.1. The van der Waals surface area contributed by atoms with Crippen molar-refractivity contribution in [3.63, 3.8) is 0 Å². The lowest BCUT2D eigenvalue weighted by Gasteiger charge is -2.41. The molecular formula is C23H34N4O. The van der Waals surface area contributed by atoms with Crippen LogP contribution in [0.1, 0.15) is 63.5 Å². The molecule has 0 aromatic heterocycles. The van der Waals surface area contributed by atoms with Gasteiger partial charge in [-0.05, 0) is 76.2 Å². The number of amides is 2. The minimum Gasteiger partial charge on any atom is -0.336 e. The van der Waals surface area contributed by atoms with Gasteiger partial charge in [0, 0.05) is 25.2 Å². The molecule has 2 aliphatic rings. The van der Waals surface area contributed by atoms with Crippen molar-refractivity contribution in [2.75, 3.05) is 19.6 Å². The topological polar surface area (TPSA) is 59.4 Å². The Morgan fingerprint density at radius 3 is 2.46 bits per heavy atom. The summed E-state index contributed by atoms with van der Waals surface area (Å²) < 4.78 is 0. The third-order valence-electron chi connectivity index (χ3n) is 6.14. The molecule has 28 heavy (non-hydrogen) atoms. The van der Waals surface area contributed by atoms with Crippen LogP contribution in [0.15, 0.2) is 24.3 Å². The van der Waals surface area contributed by atoms with Crippen LogP contribution in [0.3, 0.4) is 0 Å². The number of hydrogen-bond acceptors (Lipinski definition) is 3. The molecule has 2 saturated heterocycles. The first-order valence-electron chi connectivity index (χ1n) is 10.9. The lowest BCUT2D eigenvalue weighted by atomic mass is 9.86. The molecule has 0 radical (unpaired) electrons. The Morgan fingerprint density at radius 2 is 1.82 bits per heavy atom. The number of urea groups is 1. The van der Waals surface area contributed by atoms with Crippen LogP contribution in [-0.4, -0.2) is 47.5 Å². The lowest BCUT2D eigenvalue weighted by molar-refractivity contribution is 0.0974. The van der Waals surface area contributed by atoms with Crippen LogP contribution in [0, 0.1) is 17.2 Å². The normalized spacial score (nSPS) is 21.9. The highest BCUT2D eigenvalue weighted by Crippen LogP contribution is 2.30. The maximum Gasteiger partial charge on any atom is 0.317 e.